The predicted molar refractivity (Wildman–Crippen MR) is 121 cm³/mol. The average Bonchev–Trinajstić information content (AvgIpc) is 3.28. The van der Waals surface area contributed by atoms with Gasteiger partial charge < -0.3 is 20.4 Å². The van der Waals surface area contributed by atoms with Gasteiger partial charge in [0, 0.05) is 32.5 Å². The molecule has 0 fully saturated rings. The molecule has 3 heterocycles. The number of nitrogens with one attached hydrogen (secondary N) is 1. The third-order valence-electron chi connectivity index (χ3n) is 5.36. The van der Waals surface area contributed by atoms with Gasteiger partial charge in [0.15, 0.2) is 17.0 Å². The van der Waals surface area contributed by atoms with Crippen LogP contribution in [0.4, 0.5) is 10.2 Å². The fourth-order valence-corrected chi connectivity index (χ4v) is 3.86. The molecular formula is C23H29FN6O. The number of anilines is 1. The van der Waals surface area contributed by atoms with Crippen molar-refractivity contribution < 1.29 is 9.13 Å². The number of ether oxygens (including phenoxy) is 1. The van der Waals surface area contributed by atoms with Crippen molar-refractivity contribution in [3.05, 3.63) is 47.3 Å². The Labute approximate surface area is 181 Å². The van der Waals surface area contributed by atoms with Crippen molar-refractivity contribution in [3.63, 3.8) is 0 Å². The summed E-state index contributed by atoms with van der Waals surface area (Å²) in [5, 5.41) is 3.45. The number of hydrogen-bond acceptors (Lipinski definition) is 6. The zero-order valence-electron chi connectivity index (χ0n) is 18.3. The molecule has 4 rings (SSSR count). The molecule has 31 heavy (non-hydrogen) atoms. The Morgan fingerprint density at radius 2 is 2.10 bits per heavy atom. The molecule has 1 aliphatic heterocycles. The smallest absolute Gasteiger partial charge is 0.312 e. The molecule has 0 unspecified atom stereocenters. The van der Waals surface area contributed by atoms with Gasteiger partial charge >= 0.3 is 6.08 Å². The van der Waals surface area contributed by atoms with Crippen molar-refractivity contribution in [3.8, 4) is 5.75 Å². The summed E-state index contributed by atoms with van der Waals surface area (Å²) in [7, 11) is 0. The molecule has 0 spiro atoms. The van der Waals surface area contributed by atoms with E-state index in [2.05, 4.69) is 59.8 Å². The van der Waals surface area contributed by atoms with Crippen LogP contribution in [0.25, 0.3) is 17.2 Å². The van der Waals surface area contributed by atoms with Crippen LogP contribution < -0.4 is 15.8 Å². The maximum atomic E-state index is 13.9. The second kappa shape index (κ2) is 8.26. The van der Waals surface area contributed by atoms with Gasteiger partial charge in [-0.3, -0.25) is 0 Å². The molecule has 0 saturated heterocycles. The Bertz CT molecular complexity index is 1130. The summed E-state index contributed by atoms with van der Waals surface area (Å²) in [5.41, 5.74) is 10.2. The first-order chi connectivity index (χ1) is 14.7. The third-order valence-corrected chi connectivity index (χ3v) is 5.36. The fraction of sp³-hybridized carbons (Fsp3) is 0.435. The second-order valence-electron chi connectivity index (χ2n) is 9.11. The zero-order chi connectivity index (χ0) is 22.2. The van der Waals surface area contributed by atoms with Crippen LogP contribution >= 0.6 is 0 Å². The highest BCUT2D eigenvalue weighted by Gasteiger charge is 2.20. The van der Waals surface area contributed by atoms with Crippen LogP contribution in [-0.4, -0.2) is 39.2 Å². The molecule has 0 atom stereocenters. The topological polar surface area (TPSA) is 90.9 Å². The lowest BCUT2D eigenvalue weighted by molar-refractivity contribution is 0.356. The Morgan fingerprint density at radius 1 is 1.29 bits per heavy atom. The van der Waals surface area contributed by atoms with Crippen molar-refractivity contribution in [1.29, 1.82) is 0 Å². The lowest BCUT2D eigenvalue weighted by Gasteiger charge is -2.19. The van der Waals surface area contributed by atoms with Gasteiger partial charge in [-0.15, -0.1) is 0 Å². The van der Waals surface area contributed by atoms with Gasteiger partial charge in [-0.1, -0.05) is 33.4 Å². The standard InChI is InChI=1S/C23H29FN6O/c1-5-14-10-15-6-9-31-17(15)11-16(14)12-18-27-19-20(25)28-22(24)29-21(19)30(18)8-7-26-13-23(2,3)4/h5,10-11,26H,1,6-9,12-13H2,2-4H3,(H2,25,28,29). The fourth-order valence-electron chi connectivity index (χ4n) is 3.86. The van der Waals surface area contributed by atoms with E-state index in [0.29, 0.717) is 37.3 Å². The molecule has 2 aromatic heterocycles. The summed E-state index contributed by atoms with van der Waals surface area (Å²) < 4.78 is 21.6. The van der Waals surface area contributed by atoms with Crippen molar-refractivity contribution in [1.82, 2.24) is 24.8 Å². The average molecular weight is 425 g/mol. The maximum Gasteiger partial charge on any atom is 0.312 e. The van der Waals surface area contributed by atoms with Gasteiger partial charge in [0.1, 0.15) is 11.6 Å². The number of nitrogen functional groups attached to an aromatic ring is 1. The van der Waals surface area contributed by atoms with Crippen LogP contribution in [0.1, 0.15) is 43.3 Å². The number of imidazole rings is 1. The number of benzene rings is 1. The molecule has 0 saturated carbocycles. The van der Waals surface area contributed by atoms with Crippen LogP contribution in [0, 0.1) is 11.5 Å². The van der Waals surface area contributed by atoms with Gasteiger partial charge in [0.05, 0.1) is 6.61 Å². The quantitative estimate of drug-likeness (QED) is 0.447. The minimum atomic E-state index is -0.849. The number of aromatic nitrogens is 4. The van der Waals surface area contributed by atoms with E-state index in [1.807, 2.05) is 10.6 Å². The van der Waals surface area contributed by atoms with E-state index in [4.69, 9.17) is 10.5 Å². The lowest BCUT2D eigenvalue weighted by atomic mass is 9.97. The monoisotopic (exact) mass is 424 g/mol. The minimum Gasteiger partial charge on any atom is -0.493 e. The number of hydrogen-bond donors (Lipinski definition) is 2. The van der Waals surface area contributed by atoms with Gasteiger partial charge in [0.25, 0.3) is 0 Å². The summed E-state index contributed by atoms with van der Waals surface area (Å²) in [6.07, 6.45) is 2.42. The zero-order valence-corrected chi connectivity index (χ0v) is 18.3. The van der Waals surface area contributed by atoms with Crippen LogP contribution in [0.3, 0.4) is 0 Å². The SMILES string of the molecule is C=Cc1cc2c(cc1Cc1nc3c(N)nc(F)nc3n1CCNCC(C)(C)C)OCC2. The first kappa shape index (κ1) is 21.2. The van der Waals surface area contributed by atoms with Gasteiger partial charge in [-0.05, 0) is 34.2 Å². The molecule has 7 nitrogen and oxygen atoms in total. The molecule has 3 aromatic rings. The lowest BCUT2D eigenvalue weighted by Crippen LogP contribution is -2.30. The first-order valence-electron chi connectivity index (χ1n) is 10.5. The number of rotatable bonds is 7. The Balaban J connectivity index is 1.70. The predicted octanol–water partition coefficient (Wildman–Crippen LogP) is 3.35. The molecule has 8 heteroatoms. The summed E-state index contributed by atoms with van der Waals surface area (Å²) in [6.45, 7) is 13.3. The summed E-state index contributed by atoms with van der Waals surface area (Å²) >= 11 is 0. The van der Waals surface area contributed by atoms with Crippen molar-refractivity contribution >= 4 is 23.1 Å². The van der Waals surface area contributed by atoms with Crippen molar-refractivity contribution in [2.75, 3.05) is 25.4 Å². The maximum absolute atomic E-state index is 13.9. The van der Waals surface area contributed by atoms with Crippen LogP contribution in [0.5, 0.6) is 5.75 Å². The van der Waals surface area contributed by atoms with Crippen LogP contribution in [0.2, 0.25) is 0 Å². The minimum absolute atomic E-state index is 0.0476. The van der Waals surface area contributed by atoms with Gasteiger partial charge in [-0.2, -0.15) is 14.4 Å². The van der Waals surface area contributed by atoms with Crippen LogP contribution in [0.15, 0.2) is 18.7 Å². The summed E-state index contributed by atoms with van der Waals surface area (Å²) in [4.78, 5) is 12.3. The van der Waals surface area contributed by atoms with E-state index >= 15 is 0 Å². The molecule has 3 N–H and O–H groups in total. The van der Waals surface area contributed by atoms with Crippen molar-refractivity contribution in [2.45, 2.75) is 40.2 Å². The number of nitrogens with two attached hydrogens (primary N) is 1. The van der Waals surface area contributed by atoms with E-state index in [-0.39, 0.29) is 11.2 Å². The Morgan fingerprint density at radius 3 is 2.84 bits per heavy atom. The van der Waals surface area contributed by atoms with E-state index in [0.717, 1.165) is 35.7 Å². The molecule has 1 aliphatic rings. The molecule has 0 aliphatic carbocycles. The highest BCUT2D eigenvalue weighted by atomic mass is 19.1. The van der Waals surface area contributed by atoms with Crippen molar-refractivity contribution in [2.24, 2.45) is 5.41 Å². The van der Waals surface area contributed by atoms with Crippen LogP contribution in [-0.2, 0) is 19.4 Å². The molecule has 0 amide bonds. The molecule has 1 aromatic carbocycles. The first-order valence-corrected chi connectivity index (χ1v) is 10.5. The summed E-state index contributed by atoms with van der Waals surface area (Å²) in [5.74, 6) is 1.70. The third kappa shape index (κ3) is 4.54. The second-order valence-corrected chi connectivity index (χ2v) is 9.11. The van der Waals surface area contributed by atoms with Gasteiger partial charge in [0.2, 0.25) is 0 Å². The van der Waals surface area contributed by atoms with E-state index in [1.165, 1.54) is 5.56 Å². The van der Waals surface area contributed by atoms with E-state index in [1.54, 1.807) is 0 Å². The largest absolute Gasteiger partial charge is 0.493 e. The highest BCUT2D eigenvalue weighted by Crippen LogP contribution is 2.31. The molecular weight excluding hydrogens is 395 g/mol. The molecule has 0 bridgehead atoms. The molecule has 0 radical (unpaired) electrons. The van der Waals surface area contributed by atoms with E-state index in [9.17, 15) is 4.39 Å². The van der Waals surface area contributed by atoms with Gasteiger partial charge in [-0.25, -0.2) is 4.98 Å². The number of fused-ring (bicyclic) bond motifs is 2. The number of nitrogens with zero attached hydrogens (tertiary/aromatic N) is 4. The summed E-state index contributed by atoms with van der Waals surface area (Å²) in [6, 6.07) is 4.17. The molecule has 164 valence electrons. The normalized spacial score (nSPS) is 13.4. The highest BCUT2D eigenvalue weighted by molar-refractivity contribution is 5.82. The Hall–Kier alpha value is -3.00. The number of halogens is 1. The Kier molecular flexibility index (Phi) is 5.66. The van der Waals surface area contributed by atoms with E-state index < -0.39 is 6.08 Å².